The highest BCUT2D eigenvalue weighted by Gasteiger charge is 2.32. The van der Waals surface area contributed by atoms with E-state index in [-0.39, 0.29) is 12.0 Å². The molecule has 2 atom stereocenters. The molecule has 6 heteroatoms. The van der Waals surface area contributed by atoms with Crippen molar-refractivity contribution in [3.63, 3.8) is 0 Å². The van der Waals surface area contributed by atoms with Gasteiger partial charge in [0.05, 0.1) is 11.8 Å². The SMILES string of the molecule is ON=C1/C(=C\c2ccc(Cl)cc2)CCC[C@@H]1[C@H](NO)c1ccc(Cl)cc1. The Kier molecular flexibility index (Phi) is 6.33. The lowest BCUT2D eigenvalue weighted by atomic mass is 9.77. The standard InChI is InChI=1S/C20H20Cl2N2O2/c21-16-8-4-13(5-9-16)12-15-2-1-3-18(20(15)24-26)19(23-25)14-6-10-17(22)11-7-14/h4-12,18-19,23,25-26H,1-3H2/b15-12-,24-20?/t18-,19-/m1/s1. The van der Waals surface area contributed by atoms with E-state index in [1.807, 2.05) is 42.5 Å². The predicted molar refractivity (Wildman–Crippen MR) is 105 cm³/mol. The minimum absolute atomic E-state index is 0.154. The molecule has 0 saturated heterocycles. The average Bonchev–Trinajstić information content (AvgIpc) is 2.66. The van der Waals surface area contributed by atoms with E-state index in [2.05, 4.69) is 10.6 Å². The second-order valence-corrected chi connectivity index (χ2v) is 7.24. The molecule has 1 aliphatic rings. The molecule has 26 heavy (non-hydrogen) atoms. The van der Waals surface area contributed by atoms with Crippen LogP contribution in [0.4, 0.5) is 0 Å². The van der Waals surface area contributed by atoms with E-state index in [9.17, 15) is 10.4 Å². The van der Waals surface area contributed by atoms with Gasteiger partial charge in [0.1, 0.15) is 0 Å². The number of hydrogen-bond donors (Lipinski definition) is 3. The maximum Gasteiger partial charge on any atom is 0.0878 e. The Morgan fingerprint density at radius 3 is 2.23 bits per heavy atom. The molecule has 0 amide bonds. The summed E-state index contributed by atoms with van der Waals surface area (Å²) in [6.07, 6.45) is 4.57. The minimum atomic E-state index is -0.382. The first-order valence-electron chi connectivity index (χ1n) is 8.46. The van der Waals surface area contributed by atoms with Gasteiger partial charge in [-0.25, -0.2) is 0 Å². The summed E-state index contributed by atoms with van der Waals surface area (Å²) in [4.78, 5) is 0. The summed E-state index contributed by atoms with van der Waals surface area (Å²) in [5.74, 6) is -0.154. The lowest BCUT2D eigenvalue weighted by Gasteiger charge is -2.31. The Bertz CT molecular complexity index is 802. The van der Waals surface area contributed by atoms with E-state index in [0.717, 1.165) is 36.0 Å². The van der Waals surface area contributed by atoms with Gasteiger partial charge in [-0.15, -0.1) is 0 Å². The van der Waals surface area contributed by atoms with Gasteiger partial charge in [0.2, 0.25) is 0 Å². The first-order valence-corrected chi connectivity index (χ1v) is 9.21. The molecule has 0 radical (unpaired) electrons. The van der Waals surface area contributed by atoms with Crippen molar-refractivity contribution < 1.29 is 10.4 Å². The highest BCUT2D eigenvalue weighted by molar-refractivity contribution is 6.30. The van der Waals surface area contributed by atoms with Gasteiger partial charge < -0.3 is 10.4 Å². The van der Waals surface area contributed by atoms with E-state index in [4.69, 9.17) is 23.2 Å². The lowest BCUT2D eigenvalue weighted by molar-refractivity contribution is 0.106. The average molecular weight is 391 g/mol. The summed E-state index contributed by atoms with van der Waals surface area (Å²) < 4.78 is 0. The molecular weight excluding hydrogens is 371 g/mol. The number of nitrogens with one attached hydrogen (secondary N) is 1. The van der Waals surface area contributed by atoms with Gasteiger partial charge >= 0.3 is 0 Å². The minimum Gasteiger partial charge on any atom is -0.411 e. The third kappa shape index (κ3) is 4.27. The van der Waals surface area contributed by atoms with E-state index in [0.29, 0.717) is 15.8 Å². The summed E-state index contributed by atoms with van der Waals surface area (Å²) in [6, 6.07) is 14.4. The van der Waals surface area contributed by atoms with Gasteiger partial charge in [0.15, 0.2) is 0 Å². The van der Waals surface area contributed by atoms with Crippen LogP contribution in [-0.4, -0.2) is 16.1 Å². The van der Waals surface area contributed by atoms with Crippen LogP contribution in [0.5, 0.6) is 0 Å². The fraction of sp³-hybridized carbons (Fsp3) is 0.250. The number of halogens is 2. The van der Waals surface area contributed by atoms with Crippen LogP contribution in [-0.2, 0) is 0 Å². The van der Waals surface area contributed by atoms with E-state index in [1.165, 1.54) is 0 Å². The Hall–Kier alpha value is -1.85. The zero-order valence-electron chi connectivity index (χ0n) is 14.1. The number of rotatable bonds is 4. The molecule has 1 saturated carbocycles. The molecule has 2 aromatic carbocycles. The molecule has 0 aromatic heterocycles. The number of nitrogens with zero attached hydrogens (tertiary/aromatic N) is 1. The zero-order valence-corrected chi connectivity index (χ0v) is 15.6. The molecule has 0 aliphatic heterocycles. The van der Waals surface area contributed by atoms with Crippen LogP contribution in [0.1, 0.15) is 36.4 Å². The summed E-state index contributed by atoms with van der Waals surface area (Å²) in [7, 11) is 0. The molecule has 2 aromatic rings. The van der Waals surface area contributed by atoms with Crippen molar-refractivity contribution in [3.8, 4) is 0 Å². The highest BCUT2D eigenvalue weighted by atomic mass is 35.5. The predicted octanol–water partition coefficient (Wildman–Crippen LogP) is 5.73. The van der Waals surface area contributed by atoms with Crippen molar-refractivity contribution in [1.29, 1.82) is 0 Å². The van der Waals surface area contributed by atoms with Crippen molar-refractivity contribution in [1.82, 2.24) is 5.48 Å². The number of oxime groups is 1. The molecule has 1 aliphatic carbocycles. The van der Waals surface area contributed by atoms with Crippen LogP contribution in [0.2, 0.25) is 10.0 Å². The Labute approximate surface area is 162 Å². The smallest absolute Gasteiger partial charge is 0.0878 e. The van der Waals surface area contributed by atoms with Crippen molar-refractivity contribution in [2.45, 2.75) is 25.3 Å². The van der Waals surface area contributed by atoms with E-state index < -0.39 is 0 Å². The Morgan fingerprint density at radius 2 is 1.65 bits per heavy atom. The largest absolute Gasteiger partial charge is 0.411 e. The summed E-state index contributed by atoms with van der Waals surface area (Å²) in [5, 5.41) is 24.3. The second-order valence-electron chi connectivity index (χ2n) is 6.36. The third-order valence-electron chi connectivity index (χ3n) is 4.73. The Morgan fingerprint density at radius 1 is 1.04 bits per heavy atom. The Balaban J connectivity index is 1.91. The molecule has 0 heterocycles. The summed E-state index contributed by atoms with van der Waals surface area (Å²) in [6.45, 7) is 0. The normalized spacial score (nSPS) is 21.9. The summed E-state index contributed by atoms with van der Waals surface area (Å²) in [5.41, 5.74) is 5.81. The first-order chi connectivity index (χ1) is 12.6. The van der Waals surface area contributed by atoms with Crippen molar-refractivity contribution in [3.05, 3.63) is 75.3 Å². The van der Waals surface area contributed by atoms with Crippen molar-refractivity contribution in [2.24, 2.45) is 11.1 Å². The fourth-order valence-electron chi connectivity index (χ4n) is 3.45. The maximum absolute atomic E-state index is 9.77. The first kappa shape index (κ1) is 18.9. The topological polar surface area (TPSA) is 64.9 Å². The number of hydroxylamine groups is 1. The number of allylic oxidation sites excluding steroid dienone is 1. The van der Waals surface area contributed by atoms with E-state index in [1.54, 1.807) is 12.1 Å². The van der Waals surface area contributed by atoms with Crippen LogP contribution in [0, 0.1) is 5.92 Å². The molecular formula is C20H20Cl2N2O2. The zero-order chi connectivity index (χ0) is 18.5. The molecule has 0 bridgehead atoms. The quantitative estimate of drug-likeness (QED) is 0.461. The lowest BCUT2D eigenvalue weighted by Crippen LogP contribution is -2.34. The second kappa shape index (κ2) is 8.69. The van der Waals surface area contributed by atoms with Crippen LogP contribution < -0.4 is 5.48 Å². The molecule has 3 N–H and O–H groups in total. The monoisotopic (exact) mass is 390 g/mol. The van der Waals surface area contributed by atoms with Gasteiger partial charge in [-0.1, -0.05) is 52.6 Å². The molecule has 1 fully saturated rings. The van der Waals surface area contributed by atoms with Gasteiger partial charge in [0, 0.05) is 16.0 Å². The van der Waals surface area contributed by atoms with Crippen molar-refractivity contribution >= 4 is 35.0 Å². The van der Waals surface area contributed by atoms with Gasteiger partial charge in [-0.3, -0.25) is 0 Å². The number of benzene rings is 2. The van der Waals surface area contributed by atoms with Gasteiger partial charge in [-0.2, -0.15) is 5.48 Å². The molecule has 0 unspecified atom stereocenters. The van der Waals surface area contributed by atoms with Crippen LogP contribution in [0.15, 0.2) is 59.3 Å². The molecule has 0 spiro atoms. The maximum atomic E-state index is 9.77. The fourth-order valence-corrected chi connectivity index (χ4v) is 3.70. The third-order valence-corrected chi connectivity index (χ3v) is 5.23. The molecule has 3 rings (SSSR count). The summed E-state index contributed by atoms with van der Waals surface area (Å²) >= 11 is 11.9. The van der Waals surface area contributed by atoms with Gasteiger partial charge in [0.25, 0.3) is 0 Å². The number of hydrogen-bond acceptors (Lipinski definition) is 4. The van der Waals surface area contributed by atoms with Crippen LogP contribution >= 0.6 is 23.2 Å². The molecule has 4 nitrogen and oxygen atoms in total. The van der Waals surface area contributed by atoms with Crippen LogP contribution in [0.3, 0.4) is 0 Å². The highest BCUT2D eigenvalue weighted by Crippen LogP contribution is 2.36. The van der Waals surface area contributed by atoms with Crippen LogP contribution in [0.25, 0.3) is 6.08 Å². The molecule has 136 valence electrons. The van der Waals surface area contributed by atoms with Gasteiger partial charge in [-0.05, 0) is 66.3 Å². The van der Waals surface area contributed by atoms with E-state index >= 15 is 0 Å². The van der Waals surface area contributed by atoms with Crippen molar-refractivity contribution in [2.75, 3.05) is 0 Å².